The van der Waals surface area contributed by atoms with Crippen molar-refractivity contribution in [1.82, 2.24) is 0 Å². The van der Waals surface area contributed by atoms with Crippen molar-refractivity contribution in [2.24, 2.45) is 5.92 Å². The quantitative estimate of drug-likeness (QED) is 0.582. The molecule has 0 saturated carbocycles. The Morgan fingerprint density at radius 1 is 1.10 bits per heavy atom. The highest BCUT2D eigenvalue weighted by Crippen LogP contribution is 2.51. The van der Waals surface area contributed by atoms with Crippen LogP contribution in [0.1, 0.15) is 45.1 Å². The zero-order chi connectivity index (χ0) is 14.6. The maximum atomic E-state index is 6.40. The van der Waals surface area contributed by atoms with E-state index in [1.807, 2.05) is 0 Å². The summed E-state index contributed by atoms with van der Waals surface area (Å²) in [6.45, 7) is 6.76. The van der Waals surface area contributed by atoms with E-state index >= 15 is 0 Å². The van der Waals surface area contributed by atoms with E-state index in [2.05, 4.69) is 63.2 Å². The van der Waals surface area contributed by atoms with Crippen LogP contribution in [0.15, 0.2) is 48.0 Å². The van der Waals surface area contributed by atoms with Crippen molar-refractivity contribution in [3.63, 3.8) is 0 Å². The number of benzene rings is 2. The second-order valence-electron chi connectivity index (χ2n) is 7.13. The van der Waals surface area contributed by atoms with Crippen molar-refractivity contribution in [2.45, 2.75) is 45.1 Å². The topological polar surface area (TPSA) is 9.23 Å². The van der Waals surface area contributed by atoms with Gasteiger partial charge in [-0.25, -0.2) is 0 Å². The van der Waals surface area contributed by atoms with Gasteiger partial charge in [0.05, 0.1) is 0 Å². The Morgan fingerprint density at radius 3 is 2.57 bits per heavy atom. The minimum atomic E-state index is -0.0860. The van der Waals surface area contributed by atoms with Crippen LogP contribution in [0.4, 0.5) is 0 Å². The van der Waals surface area contributed by atoms with Gasteiger partial charge in [0.15, 0.2) is 0 Å². The van der Waals surface area contributed by atoms with E-state index in [1.54, 1.807) is 0 Å². The fraction of sp³-hybridized carbons (Fsp3) is 0.400. The van der Waals surface area contributed by atoms with Gasteiger partial charge in [-0.05, 0) is 56.5 Å². The largest absolute Gasteiger partial charge is 0.487 e. The molecule has 2 unspecified atom stereocenters. The van der Waals surface area contributed by atoms with Crippen LogP contribution in [-0.4, -0.2) is 5.60 Å². The van der Waals surface area contributed by atoms with Gasteiger partial charge in [-0.2, -0.15) is 0 Å². The van der Waals surface area contributed by atoms with Crippen LogP contribution in [0.25, 0.3) is 10.8 Å². The molecule has 2 aliphatic rings. The van der Waals surface area contributed by atoms with Crippen molar-refractivity contribution in [3.05, 3.63) is 53.6 Å². The smallest absolute Gasteiger partial charge is 0.124 e. The van der Waals surface area contributed by atoms with E-state index in [9.17, 15) is 0 Å². The van der Waals surface area contributed by atoms with Gasteiger partial charge < -0.3 is 4.74 Å². The molecule has 2 aromatic rings. The normalized spacial score (nSPS) is 26.5. The molecule has 1 nitrogen and oxygen atoms in total. The highest BCUT2D eigenvalue weighted by Gasteiger charge is 2.43. The number of fused-ring (bicyclic) bond motifs is 4. The van der Waals surface area contributed by atoms with Gasteiger partial charge in [0, 0.05) is 17.4 Å². The Kier molecular flexibility index (Phi) is 2.69. The first-order valence-electron chi connectivity index (χ1n) is 7.93. The Morgan fingerprint density at radius 2 is 1.81 bits per heavy atom. The van der Waals surface area contributed by atoms with Gasteiger partial charge >= 0.3 is 0 Å². The molecule has 0 aromatic heterocycles. The van der Waals surface area contributed by atoms with E-state index in [4.69, 9.17) is 4.74 Å². The van der Waals surface area contributed by atoms with Crippen LogP contribution < -0.4 is 4.74 Å². The van der Waals surface area contributed by atoms with Crippen LogP contribution in [0.3, 0.4) is 0 Å². The van der Waals surface area contributed by atoms with Crippen molar-refractivity contribution < 1.29 is 4.74 Å². The van der Waals surface area contributed by atoms with Crippen molar-refractivity contribution >= 4 is 10.8 Å². The lowest BCUT2D eigenvalue weighted by molar-refractivity contribution is 0.0119. The number of allylic oxidation sites excluding steroid dienone is 2. The summed E-state index contributed by atoms with van der Waals surface area (Å²) < 4.78 is 6.40. The summed E-state index contributed by atoms with van der Waals surface area (Å²) in [7, 11) is 0. The third-order valence-electron chi connectivity index (χ3n) is 5.25. The first-order valence-corrected chi connectivity index (χ1v) is 7.93. The van der Waals surface area contributed by atoms with Gasteiger partial charge in [-0.15, -0.1) is 0 Å². The lowest BCUT2D eigenvalue weighted by Gasteiger charge is -2.46. The standard InChI is InChI=1S/C20H22O/c1-13-8-9-18-16(10-13)17-11-14-6-4-5-7-15(14)12-19(17)21-20(18,2)3/h4-7,10-12,16,18H,8-9H2,1-3H3. The molecular formula is C20H22O. The molecule has 1 heteroatoms. The van der Waals surface area contributed by atoms with E-state index < -0.39 is 0 Å². The summed E-state index contributed by atoms with van der Waals surface area (Å²) in [6, 6.07) is 13.1. The molecule has 108 valence electrons. The van der Waals surface area contributed by atoms with E-state index in [1.165, 1.54) is 34.8 Å². The van der Waals surface area contributed by atoms with Gasteiger partial charge in [0.2, 0.25) is 0 Å². The van der Waals surface area contributed by atoms with E-state index in [0.717, 1.165) is 5.75 Å². The molecule has 4 rings (SSSR count). The van der Waals surface area contributed by atoms with Gasteiger partial charge in [-0.3, -0.25) is 0 Å². The maximum absolute atomic E-state index is 6.40. The first kappa shape index (κ1) is 12.9. The van der Waals surface area contributed by atoms with Crippen LogP contribution in [0.2, 0.25) is 0 Å². The highest BCUT2D eigenvalue weighted by atomic mass is 16.5. The first-order chi connectivity index (χ1) is 10.0. The predicted octanol–water partition coefficient (Wildman–Crippen LogP) is 5.45. The molecule has 0 spiro atoms. The summed E-state index contributed by atoms with van der Waals surface area (Å²) in [5.74, 6) is 2.16. The molecule has 2 aromatic carbocycles. The third kappa shape index (κ3) is 1.98. The Balaban J connectivity index is 1.95. The Labute approximate surface area is 126 Å². The van der Waals surface area contributed by atoms with Gasteiger partial charge in [0.1, 0.15) is 11.4 Å². The molecule has 0 saturated heterocycles. The average molecular weight is 278 g/mol. The van der Waals surface area contributed by atoms with Crippen LogP contribution in [-0.2, 0) is 0 Å². The van der Waals surface area contributed by atoms with Crippen LogP contribution >= 0.6 is 0 Å². The number of hydrogen-bond acceptors (Lipinski definition) is 1. The highest BCUT2D eigenvalue weighted by molar-refractivity contribution is 5.85. The van der Waals surface area contributed by atoms with Crippen LogP contribution in [0.5, 0.6) is 5.75 Å². The van der Waals surface area contributed by atoms with Crippen LogP contribution in [0, 0.1) is 5.92 Å². The Hall–Kier alpha value is -1.76. The molecule has 1 heterocycles. The summed E-state index contributed by atoms with van der Waals surface area (Å²) in [5, 5.41) is 2.58. The monoisotopic (exact) mass is 278 g/mol. The number of hydrogen-bond donors (Lipinski definition) is 0. The molecule has 1 aliphatic heterocycles. The summed E-state index contributed by atoms with van der Waals surface area (Å²) >= 11 is 0. The minimum Gasteiger partial charge on any atom is -0.487 e. The number of rotatable bonds is 0. The van der Waals surface area contributed by atoms with Crippen molar-refractivity contribution in [2.75, 3.05) is 0 Å². The molecule has 21 heavy (non-hydrogen) atoms. The molecule has 0 amide bonds. The molecule has 0 N–H and O–H groups in total. The molecule has 0 radical (unpaired) electrons. The molecule has 1 aliphatic carbocycles. The van der Waals surface area contributed by atoms with Gasteiger partial charge in [0.25, 0.3) is 0 Å². The zero-order valence-corrected chi connectivity index (χ0v) is 13.0. The lowest BCUT2D eigenvalue weighted by atomic mass is 9.68. The summed E-state index contributed by atoms with van der Waals surface area (Å²) in [4.78, 5) is 0. The van der Waals surface area contributed by atoms with Gasteiger partial charge in [-0.1, -0.05) is 35.9 Å². The van der Waals surface area contributed by atoms with E-state index in [-0.39, 0.29) is 5.60 Å². The minimum absolute atomic E-state index is 0.0860. The van der Waals surface area contributed by atoms with E-state index in [0.29, 0.717) is 11.8 Å². The van der Waals surface area contributed by atoms with Crippen molar-refractivity contribution in [3.8, 4) is 5.75 Å². The molecular weight excluding hydrogens is 256 g/mol. The second-order valence-corrected chi connectivity index (χ2v) is 7.13. The maximum Gasteiger partial charge on any atom is 0.124 e. The number of ether oxygens (including phenoxy) is 1. The lowest BCUT2D eigenvalue weighted by Crippen LogP contribution is -2.45. The molecule has 2 atom stereocenters. The summed E-state index contributed by atoms with van der Waals surface area (Å²) in [5.41, 5.74) is 2.81. The predicted molar refractivity (Wildman–Crippen MR) is 87.9 cm³/mol. The SMILES string of the molecule is CC1=CC2c3cc4ccccc4cc3OC(C)(C)C2CC1. The second kappa shape index (κ2) is 4.37. The molecule has 0 fully saturated rings. The zero-order valence-electron chi connectivity index (χ0n) is 13.0. The fourth-order valence-electron chi connectivity index (χ4n) is 4.10. The Bertz CT molecular complexity index is 739. The summed E-state index contributed by atoms with van der Waals surface area (Å²) in [6.07, 6.45) is 4.91. The third-order valence-corrected chi connectivity index (χ3v) is 5.25. The fourth-order valence-corrected chi connectivity index (χ4v) is 4.10. The molecule has 0 bridgehead atoms. The average Bonchev–Trinajstić information content (AvgIpc) is 2.45. The van der Waals surface area contributed by atoms with Crippen molar-refractivity contribution in [1.29, 1.82) is 0 Å².